The van der Waals surface area contributed by atoms with Crippen molar-refractivity contribution in [3.63, 3.8) is 0 Å². The van der Waals surface area contributed by atoms with Gasteiger partial charge in [-0.1, -0.05) is 71.6 Å². The van der Waals surface area contributed by atoms with Crippen molar-refractivity contribution >= 4 is 11.9 Å². The Morgan fingerprint density at radius 2 is 1.42 bits per heavy atom. The van der Waals surface area contributed by atoms with Gasteiger partial charge in [-0.3, -0.25) is 9.59 Å². The number of carbonyl (C=O) groups is 2. The van der Waals surface area contributed by atoms with Crippen molar-refractivity contribution in [3.8, 4) is 0 Å². The summed E-state index contributed by atoms with van der Waals surface area (Å²) in [7, 11) is 0. The van der Waals surface area contributed by atoms with Crippen LogP contribution in [0.4, 0.5) is 0 Å². The zero-order valence-electron chi connectivity index (χ0n) is 15.6. The zero-order valence-corrected chi connectivity index (χ0v) is 15.6. The molecule has 4 nitrogen and oxygen atoms in total. The number of hydrogen-bond acceptors (Lipinski definition) is 3. The summed E-state index contributed by atoms with van der Waals surface area (Å²) in [5, 5.41) is 8.44. The second kappa shape index (κ2) is 16.5. The summed E-state index contributed by atoms with van der Waals surface area (Å²) in [5.74, 6) is -0.624. The van der Waals surface area contributed by atoms with E-state index in [1.807, 2.05) is 6.08 Å². The molecule has 0 aliphatic heterocycles. The number of aliphatic carboxylic acids is 1. The molecule has 0 unspecified atom stereocenters. The van der Waals surface area contributed by atoms with Crippen LogP contribution in [0.25, 0.3) is 0 Å². The first-order valence-electron chi connectivity index (χ1n) is 9.58. The van der Waals surface area contributed by atoms with Crippen LogP contribution in [0.1, 0.15) is 97.3 Å². The molecule has 0 aromatic heterocycles. The molecule has 0 aliphatic rings. The fourth-order valence-corrected chi connectivity index (χ4v) is 2.51. The normalized spacial score (nSPS) is 11.3. The Morgan fingerprint density at radius 3 is 1.96 bits per heavy atom. The number of ether oxygens (including phenoxy) is 1. The number of esters is 1. The molecule has 4 heteroatoms. The lowest BCUT2D eigenvalue weighted by molar-refractivity contribution is -0.144. The fourth-order valence-electron chi connectivity index (χ4n) is 2.51. The molecule has 0 amide bonds. The van der Waals surface area contributed by atoms with Gasteiger partial charge in [-0.05, 0) is 24.8 Å². The maximum Gasteiger partial charge on any atom is 0.311 e. The molecule has 0 heterocycles. The Labute approximate surface area is 147 Å². The number of carboxylic acid groups (broad SMARTS) is 1. The summed E-state index contributed by atoms with van der Waals surface area (Å²) < 4.78 is 4.82. The molecule has 1 N–H and O–H groups in total. The van der Waals surface area contributed by atoms with Crippen LogP contribution in [-0.4, -0.2) is 17.0 Å². The Morgan fingerprint density at radius 1 is 0.875 bits per heavy atom. The van der Waals surface area contributed by atoms with Crippen LogP contribution in [0.2, 0.25) is 0 Å². The van der Waals surface area contributed by atoms with Gasteiger partial charge in [0.2, 0.25) is 0 Å². The van der Waals surface area contributed by atoms with Crippen molar-refractivity contribution in [1.82, 2.24) is 0 Å². The number of carboxylic acids is 1. The Hall–Kier alpha value is -1.32. The van der Waals surface area contributed by atoms with E-state index in [4.69, 9.17) is 9.84 Å². The highest BCUT2D eigenvalue weighted by molar-refractivity contribution is 5.76. The molecule has 140 valence electrons. The second-order valence-corrected chi connectivity index (χ2v) is 6.91. The predicted octanol–water partition coefficient (Wildman–Crippen LogP) is 5.86. The molecule has 0 aromatic rings. The lowest BCUT2D eigenvalue weighted by Crippen LogP contribution is -2.03. The van der Waals surface area contributed by atoms with Gasteiger partial charge in [0.05, 0.1) is 19.1 Å². The summed E-state index contributed by atoms with van der Waals surface area (Å²) >= 11 is 0. The SMILES string of the molecule is CC(C)CCCCCCCCCCCC=COC(=O)CCC(=O)O. The summed E-state index contributed by atoms with van der Waals surface area (Å²) in [4.78, 5) is 21.4. The van der Waals surface area contributed by atoms with Gasteiger partial charge in [-0.2, -0.15) is 0 Å². The molecule has 0 saturated carbocycles. The van der Waals surface area contributed by atoms with E-state index in [0.717, 1.165) is 18.8 Å². The molecule has 0 fully saturated rings. The van der Waals surface area contributed by atoms with Crippen molar-refractivity contribution in [2.45, 2.75) is 97.3 Å². The average molecular weight is 341 g/mol. The maximum atomic E-state index is 11.1. The van der Waals surface area contributed by atoms with Gasteiger partial charge in [0.15, 0.2) is 0 Å². The smallest absolute Gasteiger partial charge is 0.311 e. The first kappa shape index (κ1) is 22.7. The van der Waals surface area contributed by atoms with Crippen LogP contribution >= 0.6 is 0 Å². The van der Waals surface area contributed by atoms with Crippen molar-refractivity contribution in [3.05, 3.63) is 12.3 Å². The Balaban J connectivity index is 3.23. The molecule has 24 heavy (non-hydrogen) atoms. The van der Waals surface area contributed by atoms with Gasteiger partial charge >= 0.3 is 11.9 Å². The molecule has 0 aliphatic carbocycles. The van der Waals surface area contributed by atoms with Crippen LogP contribution < -0.4 is 0 Å². The molecule has 0 saturated heterocycles. The Kier molecular flexibility index (Phi) is 15.6. The highest BCUT2D eigenvalue weighted by atomic mass is 16.5. The minimum atomic E-state index is -0.980. The predicted molar refractivity (Wildman–Crippen MR) is 97.7 cm³/mol. The van der Waals surface area contributed by atoms with Crippen LogP contribution in [0.3, 0.4) is 0 Å². The van der Waals surface area contributed by atoms with Gasteiger partial charge in [0.1, 0.15) is 0 Å². The summed E-state index contributed by atoms with van der Waals surface area (Å²) in [6.45, 7) is 4.58. The van der Waals surface area contributed by atoms with Crippen molar-refractivity contribution in [2.24, 2.45) is 5.92 Å². The number of rotatable bonds is 16. The van der Waals surface area contributed by atoms with E-state index in [9.17, 15) is 9.59 Å². The van der Waals surface area contributed by atoms with E-state index in [-0.39, 0.29) is 12.8 Å². The third-order valence-electron chi connectivity index (χ3n) is 3.99. The van der Waals surface area contributed by atoms with Crippen molar-refractivity contribution in [2.75, 3.05) is 0 Å². The minimum absolute atomic E-state index is 0.0723. The third kappa shape index (κ3) is 18.7. The van der Waals surface area contributed by atoms with Crippen LogP contribution in [0.5, 0.6) is 0 Å². The van der Waals surface area contributed by atoms with Crippen LogP contribution in [-0.2, 0) is 14.3 Å². The molecule has 0 radical (unpaired) electrons. The van der Waals surface area contributed by atoms with Crippen LogP contribution in [0.15, 0.2) is 12.3 Å². The standard InChI is InChI=1S/C20H36O4/c1-18(2)14-12-10-8-6-4-3-5-7-9-11-13-17-24-20(23)16-15-19(21)22/h13,17-18H,3-12,14-16H2,1-2H3,(H,21,22). The molecule has 0 rings (SSSR count). The van der Waals surface area contributed by atoms with E-state index in [1.54, 1.807) is 0 Å². The van der Waals surface area contributed by atoms with E-state index >= 15 is 0 Å². The Bertz CT molecular complexity index is 348. The maximum absolute atomic E-state index is 11.1. The number of allylic oxidation sites excluding steroid dienone is 1. The molecule has 0 atom stereocenters. The van der Waals surface area contributed by atoms with E-state index in [2.05, 4.69) is 13.8 Å². The minimum Gasteiger partial charge on any atom is -0.481 e. The van der Waals surface area contributed by atoms with E-state index in [1.165, 1.54) is 64.0 Å². The van der Waals surface area contributed by atoms with E-state index in [0.29, 0.717) is 0 Å². The fraction of sp³-hybridized carbons (Fsp3) is 0.800. The van der Waals surface area contributed by atoms with Crippen molar-refractivity contribution < 1.29 is 19.4 Å². The average Bonchev–Trinajstić information content (AvgIpc) is 2.52. The highest BCUT2D eigenvalue weighted by Gasteiger charge is 2.04. The molecule has 0 spiro atoms. The topological polar surface area (TPSA) is 63.6 Å². The van der Waals surface area contributed by atoms with Gasteiger partial charge in [-0.15, -0.1) is 0 Å². The molecule has 0 bridgehead atoms. The quantitative estimate of drug-likeness (QED) is 0.217. The van der Waals surface area contributed by atoms with Crippen LogP contribution in [0, 0.1) is 5.92 Å². The number of carbonyl (C=O) groups excluding carboxylic acids is 1. The number of unbranched alkanes of at least 4 members (excludes halogenated alkanes) is 9. The third-order valence-corrected chi connectivity index (χ3v) is 3.99. The summed E-state index contributed by atoms with van der Waals surface area (Å²) in [6, 6.07) is 0. The summed E-state index contributed by atoms with van der Waals surface area (Å²) in [6.07, 6.45) is 17.0. The first-order valence-corrected chi connectivity index (χ1v) is 9.58. The first-order chi connectivity index (χ1) is 11.5. The molecular weight excluding hydrogens is 304 g/mol. The largest absolute Gasteiger partial charge is 0.481 e. The molecular formula is C20H36O4. The summed E-state index contributed by atoms with van der Waals surface area (Å²) in [5.41, 5.74) is 0. The molecule has 0 aromatic carbocycles. The second-order valence-electron chi connectivity index (χ2n) is 6.91. The monoisotopic (exact) mass is 340 g/mol. The lowest BCUT2D eigenvalue weighted by atomic mass is 10.0. The zero-order chi connectivity index (χ0) is 18.0. The lowest BCUT2D eigenvalue weighted by Gasteiger charge is -2.04. The van der Waals surface area contributed by atoms with E-state index < -0.39 is 11.9 Å². The van der Waals surface area contributed by atoms with Crippen molar-refractivity contribution in [1.29, 1.82) is 0 Å². The van der Waals surface area contributed by atoms with Gasteiger partial charge in [0, 0.05) is 0 Å². The van der Waals surface area contributed by atoms with Gasteiger partial charge in [-0.25, -0.2) is 0 Å². The van der Waals surface area contributed by atoms with Gasteiger partial charge in [0.25, 0.3) is 0 Å². The number of hydrogen-bond donors (Lipinski definition) is 1. The van der Waals surface area contributed by atoms with Gasteiger partial charge < -0.3 is 9.84 Å². The highest BCUT2D eigenvalue weighted by Crippen LogP contribution is 2.13.